The normalized spacial score (nSPS) is 20.2. The van der Waals surface area contributed by atoms with Crippen LogP contribution in [-0.2, 0) is 15.8 Å². The van der Waals surface area contributed by atoms with E-state index in [0.29, 0.717) is 30.5 Å². The van der Waals surface area contributed by atoms with Crippen LogP contribution in [0.3, 0.4) is 0 Å². The average molecular weight is 445 g/mol. The summed E-state index contributed by atoms with van der Waals surface area (Å²) in [5, 5.41) is 2.57. The van der Waals surface area contributed by atoms with E-state index in [1.165, 1.54) is 12.1 Å². The molecule has 0 radical (unpaired) electrons. The molecule has 4 rings (SSSR count). The van der Waals surface area contributed by atoms with Crippen LogP contribution < -0.4 is 10.2 Å². The maximum absolute atomic E-state index is 13.1. The van der Waals surface area contributed by atoms with Crippen molar-refractivity contribution in [2.75, 3.05) is 16.8 Å². The first-order chi connectivity index (χ1) is 15.1. The molecular weight excluding hydrogens is 423 g/mol. The number of hydrogen-bond donors (Lipinski definition) is 1. The van der Waals surface area contributed by atoms with Crippen molar-refractivity contribution in [2.45, 2.75) is 44.4 Å². The number of fused-ring (bicyclic) bond motifs is 3. The number of carbonyl (C=O) groups excluding carboxylic acids is 3. The maximum Gasteiger partial charge on any atom is 0.416 e. The zero-order chi connectivity index (χ0) is 23.1. The second kappa shape index (κ2) is 7.96. The number of carbonyl (C=O) groups is 3. The Bertz CT molecular complexity index is 1070. The number of rotatable bonds is 5. The Kier molecular flexibility index (Phi) is 5.44. The molecule has 1 unspecified atom stereocenters. The molecule has 6 nitrogen and oxygen atoms in total. The van der Waals surface area contributed by atoms with Gasteiger partial charge in [0, 0.05) is 25.1 Å². The average Bonchev–Trinajstić information content (AvgIpc) is 3.05. The lowest BCUT2D eigenvalue weighted by atomic mass is 9.98. The Labute approximate surface area is 183 Å². The van der Waals surface area contributed by atoms with Gasteiger partial charge in [-0.3, -0.25) is 19.3 Å². The SMILES string of the molecule is CC12CCC(=O)N1c1ccccc1C(=O)N2CCCC(=O)Nc1ccc(C(F)(F)F)cc1. The summed E-state index contributed by atoms with van der Waals surface area (Å²) in [6.45, 7) is 2.13. The molecule has 168 valence electrons. The van der Waals surface area contributed by atoms with Gasteiger partial charge in [-0.2, -0.15) is 13.2 Å². The number of para-hydroxylation sites is 1. The van der Waals surface area contributed by atoms with E-state index >= 15 is 0 Å². The molecule has 2 heterocycles. The van der Waals surface area contributed by atoms with E-state index in [0.717, 1.165) is 12.1 Å². The Morgan fingerprint density at radius 2 is 1.78 bits per heavy atom. The smallest absolute Gasteiger partial charge is 0.326 e. The van der Waals surface area contributed by atoms with Crippen molar-refractivity contribution in [2.24, 2.45) is 0 Å². The maximum atomic E-state index is 13.1. The van der Waals surface area contributed by atoms with Crippen molar-refractivity contribution >= 4 is 29.1 Å². The lowest BCUT2D eigenvalue weighted by molar-refractivity contribution is -0.137. The van der Waals surface area contributed by atoms with Gasteiger partial charge in [-0.25, -0.2) is 0 Å². The van der Waals surface area contributed by atoms with Crippen LogP contribution in [0.15, 0.2) is 48.5 Å². The van der Waals surface area contributed by atoms with Gasteiger partial charge in [0.25, 0.3) is 5.91 Å². The monoisotopic (exact) mass is 445 g/mol. The molecule has 1 saturated heterocycles. The number of amides is 3. The zero-order valence-corrected chi connectivity index (χ0v) is 17.4. The van der Waals surface area contributed by atoms with Crippen LogP contribution in [0.25, 0.3) is 0 Å². The largest absolute Gasteiger partial charge is 0.416 e. The van der Waals surface area contributed by atoms with Gasteiger partial charge in [0.1, 0.15) is 5.66 Å². The molecule has 2 aromatic carbocycles. The molecule has 0 saturated carbocycles. The van der Waals surface area contributed by atoms with E-state index < -0.39 is 17.4 Å². The molecular formula is C23H22F3N3O3. The van der Waals surface area contributed by atoms with Gasteiger partial charge in [-0.15, -0.1) is 0 Å². The zero-order valence-electron chi connectivity index (χ0n) is 17.4. The quantitative estimate of drug-likeness (QED) is 0.741. The van der Waals surface area contributed by atoms with E-state index in [2.05, 4.69) is 5.32 Å². The fourth-order valence-electron chi connectivity index (χ4n) is 4.41. The second-order valence-electron chi connectivity index (χ2n) is 8.15. The highest BCUT2D eigenvalue weighted by Gasteiger charge is 2.52. The summed E-state index contributed by atoms with van der Waals surface area (Å²) >= 11 is 0. The molecule has 1 atom stereocenters. The van der Waals surface area contributed by atoms with Crippen LogP contribution in [-0.4, -0.2) is 34.8 Å². The Balaban J connectivity index is 1.41. The summed E-state index contributed by atoms with van der Waals surface area (Å²) in [4.78, 5) is 41.3. The number of alkyl halides is 3. The first-order valence-electron chi connectivity index (χ1n) is 10.3. The minimum Gasteiger partial charge on any atom is -0.326 e. The summed E-state index contributed by atoms with van der Waals surface area (Å²) in [6, 6.07) is 11.2. The molecule has 3 amide bonds. The first kappa shape index (κ1) is 21.9. The summed E-state index contributed by atoms with van der Waals surface area (Å²) in [5.74, 6) is -0.589. The molecule has 2 aliphatic heterocycles. The van der Waals surface area contributed by atoms with Crippen LogP contribution in [0.5, 0.6) is 0 Å². The summed E-state index contributed by atoms with van der Waals surface area (Å²) < 4.78 is 38.0. The fourth-order valence-corrected chi connectivity index (χ4v) is 4.41. The molecule has 0 aromatic heterocycles. The summed E-state index contributed by atoms with van der Waals surface area (Å²) in [6.07, 6.45) is -3.17. The number of nitrogens with zero attached hydrogens (tertiary/aromatic N) is 2. The third kappa shape index (κ3) is 3.83. The number of anilines is 2. The van der Waals surface area contributed by atoms with Crippen LogP contribution in [0.2, 0.25) is 0 Å². The minimum atomic E-state index is -4.44. The third-order valence-corrected chi connectivity index (χ3v) is 6.03. The number of halogens is 3. The van der Waals surface area contributed by atoms with Crippen molar-refractivity contribution in [3.63, 3.8) is 0 Å². The van der Waals surface area contributed by atoms with Crippen molar-refractivity contribution < 1.29 is 27.6 Å². The Morgan fingerprint density at radius 3 is 2.47 bits per heavy atom. The molecule has 0 spiro atoms. The van der Waals surface area contributed by atoms with Crippen molar-refractivity contribution in [1.29, 1.82) is 0 Å². The van der Waals surface area contributed by atoms with Gasteiger partial charge in [-0.1, -0.05) is 12.1 Å². The molecule has 2 aromatic rings. The van der Waals surface area contributed by atoms with Gasteiger partial charge in [0.05, 0.1) is 16.8 Å². The highest BCUT2D eigenvalue weighted by Crippen LogP contribution is 2.44. The van der Waals surface area contributed by atoms with Gasteiger partial charge in [-0.05, 0) is 56.2 Å². The molecule has 0 bridgehead atoms. The summed E-state index contributed by atoms with van der Waals surface area (Å²) in [7, 11) is 0. The van der Waals surface area contributed by atoms with E-state index in [1.54, 1.807) is 34.1 Å². The van der Waals surface area contributed by atoms with Crippen molar-refractivity contribution in [3.8, 4) is 0 Å². The summed E-state index contributed by atoms with van der Waals surface area (Å²) in [5.41, 5.74) is -0.242. The number of hydrogen-bond acceptors (Lipinski definition) is 3. The van der Waals surface area contributed by atoms with Crippen LogP contribution in [0.4, 0.5) is 24.5 Å². The van der Waals surface area contributed by atoms with E-state index in [-0.39, 0.29) is 36.4 Å². The van der Waals surface area contributed by atoms with Crippen molar-refractivity contribution in [1.82, 2.24) is 4.90 Å². The fraction of sp³-hybridized carbons (Fsp3) is 0.348. The topological polar surface area (TPSA) is 69.7 Å². The lowest BCUT2D eigenvalue weighted by Gasteiger charge is -2.48. The van der Waals surface area contributed by atoms with Gasteiger partial charge in [0.15, 0.2) is 0 Å². The van der Waals surface area contributed by atoms with Crippen molar-refractivity contribution in [3.05, 3.63) is 59.7 Å². The Hall–Kier alpha value is -3.36. The Morgan fingerprint density at radius 1 is 1.09 bits per heavy atom. The van der Waals surface area contributed by atoms with Crippen LogP contribution in [0, 0.1) is 0 Å². The highest BCUT2D eigenvalue weighted by atomic mass is 19.4. The second-order valence-corrected chi connectivity index (χ2v) is 8.15. The van der Waals surface area contributed by atoms with Gasteiger partial charge in [0.2, 0.25) is 11.8 Å². The molecule has 2 aliphatic rings. The van der Waals surface area contributed by atoms with Gasteiger partial charge >= 0.3 is 6.18 Å². The van der Waals surface area contributed by atoms with E-state index in [9.17, 15) is 27.6 Å². The number of benzene rings is 2. The molecule has 32 heavy (non-hydrogen) atoms. The standard InChI is InChI=1S/C23H22F3N3O3/c1-22-13-12-20(31)29(22)18-6-3-2-5-17(18)21(32)28(22)14-4-7-19(30)27-16-10-8-15(9-11-16)23(24,25)26/h2-3,5-6,8-11H,4,7,12-14H2,1H3,(H,27,30). The van der Waals surface area contributed by atoms with E-state index in [1.807, 2.05) is 6.92 Å². The molecule has 1 fully saturated rings. The molecule has 9 heteroatoms. The lowest BCUT2D eigenvalue weighted by Crippen LogP contribution is -2.62. The van der Waals surface area contributed by atoms with Crippen LogP contribution in [0.1, 0.15) is 48.5 Å². The third-order valence-electron chi connectivity index (χ3n) is 6.03. The highest BCUT2D eigenvalue weighted by molar-refractivity contribution is 6.10. The molecule has 1 N–H and O–H groups in total. The minimum absolute atomic E-state index is 0.0440. The molecule has 0 aliphatic carbocycles. The number of nitrogens with one attached hydrogen (secondary N) is 1. The van der Waals surface area contributed by atoms with Crippen LogP contribution >= 0.6 is 0 Å². The first-order valence-corrected chi connectivity index (χ1v) is 10.3. The van der Waals surface area contributed by atoms with E-state index in [4.69, 9.17) is 0 Å². The predicted octanol–water partition coefficient (Wildman–Crippen LogP) is 4.42. The predicted molar refractivity (Wildman–Crippen MR) is 112 cm³/mol. The van der Waals surface area contributed by atoms with Gasteiger partial charge < -0.3 is 10.2 Å².